The SMILES string of the molecule is CN(C)c1nc(-c2ccccc2)nc2c1CN(S(=O)(=O)c1cc(Cl)ccc1Cl)CC2. The summed E-state index contributed by atoms with van der Waals surface area (Å²) in [5, 5.41) is 0.467. The summed E-state index contributed by atoms with van der Waals surface area (Å²) in [6.45, 7) is 0.472. The zero-order valence-electron chi connectivity index (χ0n) is 16.5. The fourth-order valence-electron chi connectivity index (χ4n) is 3.48. The van der Waals surface area contributed by atoms with Crippen molar-refractivity contribution in [3.05, 3.63) is 69.8 Å². The molecule has 9 heteroatoms. The van der Waals surface area contributed by atoms with E-state index in [9.17, 15) is 8.42 Å². The highest BCUT2D eigenvalue weighted by atomic mass is 35.5. The van der Waals surface area contributed by atoms with Crippen molar-refractivity contribution >= 4 is 39.0 Å². The zero-order chi connectivity index (χ0) is 21.5. The summed E-state index contributed by atoms with van der Waals surface area (Å²) in [5.41, 5.74) is 2.58. The predicted molar refractivity (Wildman–Crippen MR) is 120 cm³/mol. The molecule has 0 saturated carbocycles. The van der Waals surface area contributed by atoms with E-state index in [0.29, 0.717) is 29.6 Å². The van der Waals surface area contributed by atoms with E-state index in [0.717, 1.165) is 16.8 Å². The van der Waals surface area contributed by atoms with E-state index in [-0.39, 0.29) is 16.5 Å². The number of aromatic nitrogens is 2. The van der Waals surface area contributed by atoms with E-state index in [1.165, 1.54) is 16.4 Å². The lowest BCUT2D eigenvalue weighted by Gasteiger charge is -2.30. The molecular formula is C21H20Cl2N4O2S. The summed E-state index contributed by atoms with van der Waals surface area (Å²) in [4.78, 5) is 11.4. The fourth-order valence-corrected chi connectivity index (χ4v) is 5.62. The second-order valence-corrected chi connectivity index (χ2v) is 9.97. The van der Waals surface area contributed by atoms with Gasteiger partial charge in [-0.3, -0.25) is 0 Å². The van der Waals surface area contributed by atoms with Crippen LogP contribution in [0.1, 0.15) is 11.3 Å². The Balaban J connectivity index is 1.76. The number of anilines is 1. The molecular weight excluding hydrogens is 443 g/mol. The Bertz CT molecular complexity index is 1200. The molecule has 0 radical (unpaired) electrons. The van der Waals surface area contributed by atoms with Crippen LogP contribution in [-0.2, 0) is 23.0 Å². The highest BCUT2D eigenvalue weighted by Crippen LogP contribution is 2.33. The first-order valence-electron chi connectivity index (χ1n) is 9.35. The van der Waals surface area contributed by atoms with Gasteiger partial charge >= 0.3 is 0 Å². The van der Waals surface area contributed by atoms with Crippen molar-refractivity contribution < 1.29 is 8.42 Å². The Morgan fingerprint density at radius 2 is 1.77 bits per heavy atom. The van der Waals surface area contributed by atoms with Crippen molar-refractivity contribution in [2.24, 2.45) is 0 Å². The number of rotatable bonds is 4. The summed E-state index contributed by atoms with van der Waals surface area (Å²) in [5.74, 6) is 1.34. The zero-order valence-corrected chi connectivity index (χ0v) is 18.8. The van der Waals surface area contributed by atoms with Gasteiger partial charge in [0.15, 0.2) is 5.82 Å². The maximum Gasteiger partial charge on any atom is 0.244 e. The molecule has 1 aliphatic rings. The van der Waals surface area contributed by atoms with Crippen molar-refractivity contribution in [2.75, 3.05) is 25.5 Å². The Morgan fingerprint density at radius 1 is 1.03 bits per heavy atom. The van der Waals surface area contributed by atoms with E-state index < -0.39 is 10.0 Å². The van der Waals surface area contributed by atoms with E-state index in [2.05, 4.69) is 0 Å². The lowest BCUT2D eigenvalue weighted by atomic mass is 10.1. The van der Waals surface area contributed by atoms with Crippen LogP contribution in [0, 0.1) is 0 Å². The minimum absolute atomic E-state index is 0.00773. The molecule has 0 amide bonds. The van der Waals surface area contributed by atoms with Gasteiger partial charge < -0.3 is 4.90 Å². The van der Waals surface area contributed by atoms with E-state index in [1.54, 1.807) is 6.07 Å². The number of hydrogen-bond donors (Lipinski definition) is 0. The molecule has 0 aliphatic carbocycles. The molecule has 3 aromatic rings. The summed E-state index contributed by atoms with van der Waals surface area (Å²) >= 11 is 12.2. The highest BCUT2D eigenvalue weighted by Gasteiger charge is 2.33. The van der Waals surface area contributed by atoms with Gasteiger partial charge in [0.25, 0.3) is 0 Å². The van der Waals surface area contributed by atoms with Crippen molar-refractivity contribution in [2.45, 2.75) is 17.9 Å². The number of halogens is 2. The van der Waals surface area contributed by atoms with E-state index in [1.807, 2.05) is 49.3 Å². The summed E-state index contributed by atoms with van der Waals surface area (Å²) in [7, 11) is -0.0447. The second kappa shape index (κ2) is 8.15. The van der Waals surface area contributed by atoms with Crippen LogP contribution in [0.5, 0.6) is 0 Å². The van der Waals surface area contributed by atoms with Crippen LogP contribution in [0.3, 0.4) is 0 Å². The van der Waals surface area contributed by atoms with Gasteiger partial charge in [-0.1, -0.05) is 53.5 Å². The molecule has 1 aromatic heterocycles. The first-order chi connectivity index (χ1) is 14.3. The topological polar surface area (TPSA) is 66.4 Å². The standard InChI is InChI=1S/C21H20Cl2N4O2S/c1-26(2)21-16-13-27(30(28,29)19-12-15(22)8-9-17(19)23)11-10-18(16)24-20(25-21)14-6-4-3-5-7-14/h3-9,12H,10-11,13H2,1-2H3. The molecule has 0 spiro atoms. The molecule has 2 heterocycles. The molecule has 0 bridgehead atoms. The first-order valence-corrected chi connectivity index (χ1v) is 11.5. The van der Waals surface area contributed by atoms with Gasteiger partial charge in [0, 0.05) is 49.8 Å². The van der Waals surface area contributed by atoms with Gasteiger partial charge in [0.2, 0.25) is 10.0 Å². The van der Waals surface area contributed by atoms with Gasteiger partial charge in [0.1, 0.15) is 10.7 Å². The normalized spacial score (nSPS) is 14.4. The molecule has 0 fully saturated rings. The first kappa shape index (κ1) is 21.1. The number of fused-ring (bicyclic) bond motifs is 1. The largest absolute Gasteiger partial charge is 0.362 e. The maximum atomic E-state index is 13.3. The summed E-state index contributed by atoms with van der Waals surface area (Å²) in [6, 6.07) is 14.2. The van der Waals surface area contributed by atoms with Crippen LogP contribution in [0.2, 0.25) is 10.0 Å². The van der Waals surface area contributed by atoms with Crippen LogP contribution >= 0.6 is 23.2 Å². The lowest BCUT2D eigenvalue weighted by Crippen LogP contribution is -2.37. The van der Waals surface area contributed by atoms with Crippen LogP contribution < -0.4 is 4.90 Å². The Kier molecular flexibility index (Phi) is 5.72. The molecule has 0 N–H and O–H groups in total. The predicted octanol–water partition coefficient (Wildman–Crippen LogP) is 4.26. The van der Waals surface area contributed by atoms with Gasteiger partial charge in [-0.15, -0.1) is 0 Å². The molecule has 156 valence electrons. The minimum Gasteiger partial charge on any atom is -0.362 e. The smallest absolute Gasteiger partial charge is 0.244 e. The molecule has 0 unspecified atom stereocenters. The van der Waals surface area contributed by atoms with Gasteiger partial charge in [-0.2, -0.15) is 4.31 Å². The van der Waals surface area contributed by atoms with Crippen LogP contribution in [0.25, 0.3) is 11.4 Å². The molecule has 4 rings (SSSR count). The molecule has 6 nitrogen and oxygen atoms in total. The molecule has 1 aliphatic heterocycles. The van der Waals surface area contributed by atoms with Crippen molar-refractivity contribution in [3.8, 4) is 11.4 Å². The molecule has 2 aromatic carbocycles. The quantitative estimate of drug-likeness (QED) is 0.579. The van der Waals surface area contributed by atoms with Gasteiger partial charge in [0.05, 0.1) is 10.7 Å². The minimum atomic E-state index is -3.82. The Labute approximate surface area is 186 Å². The van der Waals surface area contributed by atoms with Crippen molar-refractivity contribution in [3.63, 3.8) is 0 Å². The molecule has 30 heavy (non-hydrogen) atoms. The van der Waals surface area contributed by atoms with Gasteiger partial charge in [-0.05, 0) is 18.2 Å². The van der Waals surface area contributed by atoms with Crippen LogP contribution in [0.15, 0.2) is 53.4 Å². The van der Waals surface area contributed by atoms with E-state index in [4.69, 9.17) is 33.2 Å². The number of benzene rings is 2. The van der Waals surface area contributed by atoms with Crippen molar-refractivity contribution in [1.29, 1.82) is 0 Å². The highest BCUT2D eigenvalue weighted by molar-refractivity contribution is 7.89. The third-order valence-corrected chi connectivity index (χ3v) is 7.53. The average Bonchev–Trinajstić information content (AvgIpc) is 2.74. The third kappa shape index (κ3) is 3.90. The Hall–Kier alpha value is -2.19. The van der Waals surface area contributed by atoms with Crippen LogP contribution in [-0.4, -0.2) is 43.3 Å². The van der Waals surface area contributed by atoms with E-state index >= 15 is 0 Å². The fraction of sp³-hybridized carbons (Fsp3) is 0.238. The molecule has 0 atom stereocenters. The van der Waals surface area contributed by atoms with Crippen molar-refractivity contribution in [1.82, 2.24) is 14.3 Å². The Morgan fingerprint density at radius 3 is 2.47 bits per heavy atom. The molecule has 0 saturated heterocycles. The monoisotopic (exact) mass is 462 g/mol. The lowest BCUT2D eigenvalue weighted by molar-refractivity contribution is 0.387. The number of hydrogen-bond acceptors (Lipinski definition) is 5. The summed E-state index contributed by atoms with van der Waals surface area (Å²) in [6.07, 6.45) is 0.482. The summed E-state index contributed by atoms with van der Waals surface area (Å²) < 4.78 is 27.9. The van der Waals surface area contributed by atoms with Crippen LogP contribution in [0.4, 0.5) is 5.82 Å². The average molecular weight is 463 g/mol. The third-order valence-electron chi connectivity index (χ3n) is 4.97. The maximum absolute atomic E-state index is 13.3. The number of nitrogens with zero attached hydrogens (tertiary/aromatic N) is 4. The second-order valence-electron chi connectivity index (χ2n) is 7.22. The number of sulfonamides is 1. The van der Waals surface area contributed by atoms with Gasteiger partial charge in [-0.25, -0.2) is 18.4 Å².